The van der Waals surface area contributed by atoms with Crippen LogP contribution in [0.1, 0.15) is 90.9 Å². The summed E-state index contributed by atoms with van der Waals surface area (Å²) >= 11 is 0. The second-order valence-electron chi connectivity index (χ2n) is 8.99. The summed E-state index contributed by atoms with van der Waals surface area (Å²) in [5, 5.41) is 1.72. The second kappa shape index (κ2) is 21.4. The first kappa shape index (κ1) is 32.7. The van der Waals surface area contributed by atoms with Crippen molar-refractivity contribution in [2.75, 3.05) is 39.1 Å². The number of unbranched alkanes of at least 4 members (excludes halogenated alkanes) is 9. The number of benzene rings is 1. The molecule has 0 aliphatic rings. The maximum atomic E-state index is 2.45. The maximum Gasteiger partial charge on any atom is 0.0939 e. The average Bonchev–Trinajstić information content (AvgIpc) is 2.71. The number of hydrogen-bond donors (Lipinski definition) is 0. The Hall–Kier alpha value is 0.570. The van der Waals surface area contributed by atoms with Crippen LogP contribution in [0, 0.1) is 0 Å². The minimum absolute atomic E-state index is 0. The van der Waals surface area contributed by atoms with Crippen LogP contribution in [0.4, 0.5) is 0 Å². The van der Waals surface area contributed by atoms with Gasteiger partial charge in [0.2, 0.25) is 0 Å². The average molecular weight is 567 g/mol. The van der Waals surface area contributed by atoms with Crippen LogP contribution < -0.4 is 22.3 Å². The van der Waals surface area contributed by atoms with Gasteiger partial charge in [0, 0.05) is 7.26 Å². The van der Waals surface area contributed by atoms with E-state index in [4.69, 9.17) is 0 Å². The van der Waals surface area contributed by atoms with Crippen LogP contribution in [-0.4, -0.2) is 44.0 Å². The Kier molecular flexibility index (Phi) is 23.4. The SMILES string of the molecule is Br.CCCC[P+](CCCC)(CCCCCCCCCCN(C)C)c1ccccc1.[Br-]. The van der Waals surface area contributed by atoms with Crippen LogP contribution in [0.5, 0.6) is 0 Å². The molecule has 4 heteroatoms. The predicted octanol–water partition coefficient (Wildman–Crippen LogP) is 5.19. The molecule has 1 aromatic carbocycles. The normalized spacial score (nSPS) is 11.2. The van der Waals surface area contributed by atoms with Crippen molar-refractivity contribution in [2.24, 2.45) is 0 Å². The fourth-order valence-electron chi connectivity index (χ4n) is 4.29. The van der Waals surface area contributed by atoms with Gasteiger partial charge in [-0.3, -0.25) is 0 Å². The molecular formula is C26H50Br2NP. The minimum atomic E-state index is -0.966. The molecule has 0 saturated carbocycles. The van der Waals surface area contributed by atoms with E-state index in [2.05, 4.69) is 63.2 Å². The summed E-state index contributed by atoms with van der Waals surface area (Å²) in [5.74, 6) is 0. The summed E-state index contributed by atoms with van der Waals surface area (Å²) < 4.78 is 0. The molecule has 0 amide bonds. The van der Waals surface area contributed by atoms with Crippen molar-refractivity contribution in [3.63, 3.8) is 0 Å². The van der Waals surface area contributed by atoms with E-state index in [1.807, 2.05) is 0 Å². The van der Waals surface area contributed by atoms with Crippen LogP contribution in [0.3, 0.4) is 0 Å². The van der Waals surface area contributed by atoms with Crippen molar-refractivity contribution >= 4 is 29.5 Å². The summed E-state index contributed by atoms with van der Waals surface area (Å²) in [4.78, 5) is 2.30. The molecule has 0 heterocycles. The highest BCUT2D eigenvalue weighted by atomic mass is 79.9. The maximum absolute atomic E-state index is 2.45. The molecule has 0 bridgehead atoms. The van der Waals surface area contributed by atoms with Gasteiger partial charge in [0.25, 0.3) is 0 Å². The molecule has 0 fully saturated rings. The van der Waals surface area contributed by atoms with Crippen molar-refractivity contribution in [3.8, 4) is 0 Å². The molecule has 0 aromatic heterocycles. The van der Waals surface area contributed by atoms with Gasteiger partial charge in [0.1, 0.15) is 0 Å². The topological polar surface area (TPSA) is 3.24 Å². The van der Waals surface area contributed by atoms with E-state index in [9.17, 15) is 0 Å². The van der Waals surface area contributed by atoms with E-state index >= 15 is 0 Å². The van der Waals surface area contributed by atoms with E-state index in [1.54, 1.807) is 5.30 Å². The molecule has 1 aromatic rings. The zero-order chi connectivity index (χ0) is 20.5. The number of halogens is 2. The molecule has 0 spiro atoms. The lowest BCUT2D eigenvalue weighted by Crippen LogP contribution is -3.00. The fraction of sp³-hybridized carbons (Fsp3) is 0.769. The summed E-state index contributed by atoms with van der Waals surface area (Å²) in [6.07, 6.45) is 21.4. The molecule has 0 saturated heterocycles. The Labute approximate surface area is 211 Å². The van der Waals surface area contributed by atoms with Gasteiger partial charge in [-0.15, -0.1) is 17.0 Å². The second-order valence-corrected chi connectivity index (χ2v) is 13.1. The van der Waals surface area contributed by atoms with E-state index in [0.29, 0.717) is 0 Å². The third kappa shape index (κ3) is 14.6. The molecule has 0 unspecified atom stereocenters. The molecule has 0 aliphatic carbocycles. The molecule has 0 radical (unpaired) electrons. The van der Waals surface area contributed by atoms with Crippen LogP contribution in [0.2, 0.25) is 0 Å². The Bertz CT molecular complexity index is 459. The Morgan fingerprint density at radius 1 is 0.633 bits per heavy atom. The van der Waals surface area contributed by atoms with Crippen LogP contribution in [0.15, 0.2) is 30.3 Å². The van der Waals surface area contributed by atoms with Gasteiger partial charge < -0.3 is 21.9 Å². The van der Waals surface area contributed by atoms with Gasteiger partial charge >= 0.3 is 0 Å². The van der Waals surface area contributed by atoms with Gasteiger partial charge in [-0.05, 0) is 64.9 Å². The lowest BCUT2D eigenvalue weighted by molar-refractivity contribution is -0.00000632. The van der Waals surface area contributed by atoms with Crippen molar-refractivity contribution in [2.45, 2.75) is 90.9 Å². The lowest BCUT2D eigenvalue weighted by atomic mass is 10.1. The molecule has 178 valence electrons. The van der Waals surface area contributed by atoms with Crippen LogP contribution in [-0.2, 0) is 0 Å². The molecule has 1 nitrogen and oxygen atoms in total. The first-order valence-electron chi connectivity index (χ1n) is 12.2. The van der Waals surface area contributed by atoms with Gasteiger partial charge in [0.15, 0.2) is 0 Å². The monoisotopic (exact) mass is 565 g/mol. The van der Waals surface area contributed by atoms with E-state index < -0.39 is 7.26 Å². The largest absolute Gasteiger partial charge is 1.00 e. The highest BCUT2D eigenvalue weighted by Crippen LogP contribution is 2.59. The van der Waals surface area contributed by atoms with Crippen LogP contribution >= 0.6 is 24.2 Å². The van der Waals surface area contributed by atoms with Gasteiger partial charge in [-0.1, -0.05) is 77.0 Å². The Morgan fingerprint density at radius 3 is 1.53 bits per heavy atom. The molecule has 0 aliphatic heterocycles. The Morgan fingerprint density at radius 2 is 1.07 bits per heavy atom. The van der Waals surface area contributed by atoms with Crippen molar-refractivity contribution < 1.29 is 17.0 Å². The predicted molar refractivity (Wildman–Crippen MR) is 143 cm³/mol. The first-order chi connectivity index (χ1) is 13.6. The summed E-state index contributed by atoms with van der Waals surface area (Å²) in [6.45, 7) is 5.97. The molecule has 30 heavy (non-hydrogen) atoms. The minimum Gasteiger partial charge on any atom is -1.00 e. The number of hydrogen-bond acceptors (Lipinski definition) is 1. The van der Waals surface area contributed by atoms with Gasteiger partial charge in [0.05, 0.1) is 23.8 Å². The van der Waals surface area contributed by atoms with Gasteiger partial charge in [-0.25, -0.2) is 0 Å². The van der Waals surface area contributed by atoms with E-state index in [0.717, 1.165) is 0 Å². The number of rotatable bonds is 18. The highest BCUT2D eigenvalue weighted by Gasteiger charge is 2.37. The molecule has 1 rings (SSSR count). The number of nitrogens with zero attached hydrogens (tertiary/aromatic N) is 1. The Balaban J connectivity index is 0. The molecule has 0 atom stereocenters. The van der Waals surface area contributed by atoms with E-state index in [-0.39, 0.29) is 34.0 Å². The third-order valence-electron chi connectivity index (χ3n) is 6.12. The zero-order valence-electron chi connectivity index (χ0n) is 20.4. The van der Waals surface area contributed by atoms with Gasteiger partial charge in [-0.2, -0.15) is 0 Å². The van der Waals surface area contributed by atoms with Crippen LogP contribution in [0.25, 0.3) is 0 Å². The first-order valence-corrected chi connectivity index (χ1v) is 14.6. The summed E-state index contributed by atoms with van der Waals surface area (Å²) in [5.41, 5.74) is 0. The summed E-state index contributed by atoms with van der Waals surface area (Å²) in [7, 11) is 3.39. The fourth-order valence-corrected chi connectivity index (χ4v) is 9.21. The zero-order valence-corrected chi connectivity index (χ0v) is 24.6. The van der Waals surface area contributed by atoms with Crippen molar-refractivity contribution in [1.82, 2.24) is 4.90 Å². The smallest absolute Gasteiger partial charge is 0.0939 e. The summed E-state index contributed by atoms with van der Waals surface area (Å²) in [6, 6.07) is 11.6. The third-order valence-corrected chi connectivity index (χ3v) is 11.0. The van der Waals surface area contributed by atoms with Crippen molar-refractivity contribution in [1.29, 1.82) is 0 Å². The van der Waals surface area contributed by atoms with Crippen molar-refractivity contribution in [3.05, 3.63) is 30.3 Å². The molecule has 0 N–H and O–H groups in total. The quantitative estimate of drug-likeness (QED) is 0.174. The standard InChI is InChI=1S/C26H49NP.2BrH/c1-5-7-23-28(24-8-6-2,26-20-16-15-17-21-26)25-19-14-12-10-9-11-13-18-22-27(3)4;;/h15-17,20-21H,5-14,18-19,22-25H2,1-4H3;2*1H/q+1;;/p-1. The van der Waals surface area contributed by atoms with E-state index in [1.165, 1.54) is 102 Å². The molecular weight excluding hydrogens is 517 g/mol. The highest BCUT2D eigenvalue weighted by molar-refractivity contribution is 8.93. The lowest BCUT2D eigenvalue weighted by Gasteiger charge is -2.28.